The predicted molar refractivity (Wildman–Crippen MR) is 79.2 cm³/mol. The van der Waals surface area contributed by atoms with Crippen molar-refractivity contribution in [2.45, 2.75) is 38.6 Å². The van der Waals surface area contributed by atoms with Crippen LogP contribution in [0.3, 0.4) is 0 Å². The zero-order valence-corrected chi connectivity index (χ0v) is 11.9. The molecule has 0 aliphatic heterocycles. The lowest BCUT2D eigenvalue weighted by atomic mass is 9.86. The van der Waals surface area contributed by atoms with Gasteiger partial charge >= 0.3 is 0 Å². The summed E-state index contributed by atoms with van der Waals surface area (Å²) in [6.45, 7) is 2.48. The first-order chi connectivity index (χ1) is 9.69. The SMILES string of the molecule is CC1CCCCC1NC(=O)CNc1ccc(C#N)cc1. The van der Waals surface area contributed by atoms with Crippen molar-refractivity contribution in [3.8, 4) is 6.07 Å². The number of nitrogens with zero attached hydrogens (tertiary/aromatic N) is 1. The molecule has 20 heavy (non-hydrogen) atoms. The maximum atomic E-state index is 11.9. The van der Waals surface area contributed by atoms with Crippen molar-refractivity contribution in [1.82, 2.24) is 5.32 Å². The van der Waals surface area contributed by atoms with E-state index in [9.17, 15) is 4.79 Å². The van der Waals surface area contributed by atoms with Crippen LogP contribution < -0.4 is 10.6 Å². The van der Waals surface area contributed by atoms with Crippen LogP contribution in [-0.4, -0.2) is 18.5 Å². The molecule has 2 rings (SSSR count). The molecule has 1 aliphatic rings. The van der Waals surface area contributed by atoms with Crippen molar-refractivity contribution < 1.29 is 4.79 Å². The zero-order valence-electron chi connectivity index (χ0n) is 11.9. The van der Waals surface area contributed by atoms with Gasteiger partial charge < -0.3 is 10.6 Å². The van der Waals surface area contributed by atoms with E-state index < -0.39 is 0 Å². The molecule has 106 valence electrons. The number of carbonyl (C=O) groups excluding carboxylic acids is 1. The number of hydrogen-bond donors (Lipinski definition) is 2. The van der Waals surface area contributed by atoms with Crippen LogP contribution in [0.5, 0.6) is 0 Å². The summed E-state index contributed by atoms with van der Waals surface area (Å²) in [7, 11) is 0. The Kier molecular flexibility index (Phi) is 5.00. The van der Waals surface area contributed by atoms with Crippen LogP contribution in [0.25, 0.3) is 0 Å². The molecule has 1 amide bonds. The first-order valence-corrected chi connectivity index (χ1v) is 7.22. The van der Waals surface area contributed by atoms with Gasteiger partial charge in [-0.1, -0.05) is 19.8 Å². The standard InChI is InChI=1S/C16H21N3O/c1-12-4-2-3-5-15(12)19-16(20)11-18-14-8-6-13(10-17)7-9-14/h6-9,12,15,18H,2-5,11H2,1H3,(H,19,20). The van der Waals surface area contributed by atoms with Crippen molar-refractivity contribution in [2.75, 3.05) is 11.9 Å². The number of carbonyl (C=O) groups is 1. The number of rotatable bonds is 4. The molecule has 0 radical (unpaired) electrons. The smallest absolute Gasteiger partial charge is 0.239 e. The summed E-state index contributed by atoms with van der Waals surface area (Å²) in [5, 5.41) is 14.9. The molecule has 0 bridgehead atoms. The molecule has 4 heteroatoms. The average molecular weight is 271 g/mol. The van der Waals surface area contributed by atoms with Gasteiger partial charge in [0.25, 0.3) is 0 Å². The van der Waals surface area contributed by atoms with E-state index in [0.29, 0.717) is 17.5 Å². The molecule has 2 N–H and O–H groups in total. The largest absolute Gasteiger partial charge is 0.376 e. The normalized spacial score (nSPS) is 21.8. The molecular formula is C16H21N3O. The van der Waals surface area contributed by atoms with Crippen LogP contribution in [0.2, 0.25) is 0 Å². The second kappa shape index (κ2) is 6.95. The van der Waals surface area contributed by atoms with Crippen LogP contribution in [0.15, 0.2) is 24.3 Å². The fraction of sp³-hybridized carbons (Fsp3) is 0.500. The average Bonchev–Trinajstić information content (AvgIpc) is 2.48. The first-order valence-electron chi connectivity index (χ1n) is 7.22. The third-order valence-electron chi connectivity index (χ3n) is 3.92. The fourth-order valence-electron chi connectivity index (χ4n) is 2.63. The highest BCUT2D eigenvalue weighted by molar-refractivity contribution is 5.81. The quantitative estimate of drug-likeness (QED) is 0.885. The number of nitrogens with one attached hydrogen (secondary N) is 2. The summed E-state index contributed by atoms with van der Waals surface area (Å²) in [4.78, 5) is 11.9. The lowest BCUT2D eigenvalue weighted by Gasteiger charge is -2.29. The number of hydrogen-bond acceptors (Lipinski definition) is 3. The third-order valence-corrected chi connectivity index (χ3v) is 3.92. The number of nitriles is 1. The molecule has 0 aromatic heterocycles. The minimum Gasteiger partial charge on any atom is -0.376 e. The second-order valence-electron chi connectivity index (χ2n) is 5.48. The van der Waals surface area contributed by atoms with Gasteiger partial charge in [-0.3, -0.25) is 4.79 Å². The molecule has 1 aromatic rings. The molecular weight excluding hydrogens is 250 g/mol. The van der Waals surface area contributed by atoms with Crippen molar-refractivity contribution in [3.05, 3.63) is 29.8 Å². The minimum atomic E-state index is 0.0353. The van der Waals surface area contributed by atoms with Crippen molar-refractivity contribution >= 4 is 11.6 Å². The van der Waals surface area contributed by atoms with Gasteiger partial charge in [0.2, 0.25) is 5.91 Å². The maximum Gasteiger partial charge on any atom is 0.239 e. The van der Waals surface area contributed by atoms with Crippen LogP contribution in [-0.2, 0) is 4.79 Å². The summed E-state index contributed by atoms with van der Waals surface area (Å²) >= 11 is 0. The van der Waals surface area contributed by atoms with Crippen molar-refractivity contribution in [1.29, 1.82) is 5.26 Å². The Balaban J connectivity index is 1.78. The Bertz CT molecular complexity index is 489. The molecule has 2 atom stereocenters. The van der Waals surface area contributed by atoms with E-state index in [1.54, 1.807) is 12.1 Å². The van der Waals surface area contributed by atoms with Gasteiger partial charge in [-0.15, -0.1) is 0 Å². The Morgan fingerprint density at radius 1 is 1.30 bits per heavy atom. The van der Waals surface area contributed by atoms with Crippen LogP contribution in [0.1, 0.15) is 38.2 Å². The minimum absolute atomic E-state index is 0.0353. The summed E-state index contributed by atoms with van der Waals surface area (Å²) < 4.78 is 0. The summed E-state index contributed by atoms with van der Waals surface area (Å²) in [6, 6.07) is 9.50. The molecule has 0 spiro atoms. The molecule has 4 nitrogen and oxygen atoms in total. The Morgan fingerprint density at radius 2 is 2.00 bits per heavy atom. The van der Waals surface area contributed by atoms with E-state index >= 15 is 0 Å². The van der Waals surface area contributed by atoms with Gasteiger partial charge in [-0.05, 0) is 43.0 Å². The van der Waals surface area contributed by atoms with Gasteiger partial charge in [0.15, 0.2) is 0 Å². The Morgan fingerprint density at radius 3 is 2.65 bits per heavy atom. The van der Waals surface area contributed by atoms with E-state index in [1.165, 1.54) is 19.3 Å². The maximum absolute atomic E-state index is 11.9. The van der Waals surface area contributed by atoms with E-state index in [2.05, 4.69) is 23.6 Å². The highest BCUT2D eigenvalue weighted by atomic mass is 16.1. The van der Waals surface area contributed by atoms with E-state index in [1.807, 2.05) is 12.1 Å². The number of amides is 1. The highest BCUT2D eigenvalue weighted by Gasteiger charge is 2.22. The molecule has 1 aromatic carbocycles. The van der Waals surface area contributed by atoms with Crippen LogP contribution in [0, 0.1) is 17.2 Å². The lowest BCUT2D eigenvalue weighted by Crippen LogP contribution is -2.43. The van der Waals surface area contributed by atoms with Gasteiger partial charge in [0, 0.05) is 11.7 Å². The molecule has 1 saturated carbocycles. The van der Waals surface area contributed by atoms with E-state index in [-0.39, 0.29) is 12.5 Å². The van der Waals surface area contributed by atoms with Gasteiger partial charge in [0.05, 0.1) is 18.2 Å². The summed E-state index contributed by atoms with van der Waals surface area (Å²) in [5.41, 5.74) is 1.48. The fourth-order valence-corrected chi connectivity index (χ4v) is 2.63. The van der Waals surface area contributed by atoms with Crippen LogP contribution in [0.4, 0.5) is 5.69 Å². The molecule has 0 heterocycles. The lowest BCUT2D eigenvalue weighted by molar-refractivity contribution is -0.120. The van der Waals surface area contributed by atoms with Gasteiger partial charge in [-0.25, -0.2) is 0 Å². The van der Waals surface area contributed by atoms with Crippen molar-refractivity contribution in [3.63, 3.8) is 0 Å². The first kappa shape index (κ1) is 14.4. The number of benzene rings is 1. The van der Waals surface area contributed by atoms with E-state index in [4.69, 9.17) is 5.26 Å². The second-order valence-corrected chi connectivity index (χ2v) is 5.48. The molecule has 2 unspecified atom stereocenters. The highest BCUT2D eigenvalue weighted by Crippen LogP contribution is 2.23. The Hall–Kier alpha value is -2.02. The van der Waals surface area contributed by atoms with Crippen LogP contribution >= 0.6 is 0 Å². The van der Waals surface area contributed by atoms with Gasteiger partial charge in [-0.2, -0.15) is 5.26 Å². The monoisotopic (exact) mass is 271 g/mol. The Labute approximate surface area is 120 Å². The van der Waals surface area contributed by atoms with E-state index in [0.717, 1.165) is 12.1 Å². The van der Waals surface area contributed by atoms with Crippen molar-refractivity contribution in [2.24, 2.45) is 5.92 Å². The molecule has 1 aliphatic carbocycles. The molecule has 0 saturated heterocycles. The predicted octanol–water partition coefficient (Wildman–Crippen LogP) is 2.67. The topological polar surface area (TPSA) is 64.9 Å². The summed E-state index contributed by atoms with van der Waals surface area (Å²) in [6.07, 6.45) is 4.77. The molecule has 1 fully saturated rings. The summed E-state index contributed by atoms with van der Waals surface area (Å²) in [5.74, 6) is 0.607. The third kappa shape index (κ3) is 3.99. The zero-order chi connectivity index (χ0) is 14.4. The van der Waals surface area contributed by atoms with Gasteiger partial charge in [0.1, 0.15) is 0 Å². The number of anilines is 1.